The molecule has 0 aliphatic heterocycles. The first-order valence-corrected chi connectivity index (χ1v) is 21.2. The molecule has 0 radical (unpaired) electrons. The van der Waals surface area contributed by atoms with Crippen molar-refractivity contribution < 1.29 is 0 Å². The van der Waals surface area contributed by atoms with Gasteiger partial charge in [-0.05, 0) is 97.7 Å². The number of hydrogen-bond acceptors (Lipinski definition) is 2. The van der Waals surface area contributed by atoms with E-state index in [1.807, 2.05) is 0 Å². The Morgan fingerprint density at radius 3 is 1.66 bits per heavy atom. The van der Waals surface area contributed by atoms with Crippen LogP contribution in [0.4, 0.5) is 0 Å². The molecule has 0 atom stereocenters. The fraction of sp³-hybridized carbons (Fsp3) is 0. The van der Waals surface area contributed by atoms with Crippen LogP contribution in [0.25, 0.3) is 131 Å². The SMILES string of the molecule is c1ccc(-n2c3ccccc3c3cc(-c4nc(-n5c6cc7ccccc7cc6c6c7c8ccccc8c8ccccc8c7ccc65)nc5c4ccc4ccccc45)ccc32)cc1. The van der Waals surface area contributed by atoms with Crippen molar-refractivity contribution in [2.45, 2.75) is 0 Å². The molecule has 14 rings (SSSR count). The number of benzene rings is 11. The predicted molar refractivity (Wildman–Crippen MR) is 261 cm³/mol. The van der Waals surface area contributed by atoms with E-state index in [-0.39, 0.29) is 0 Å². The third-order valence-corrected chi connectivity index (χ3v) is 13.2. The molecular weight excluding hydrogens is 753 g/mol. The summed E-state index contributed by atoms with van der Waals surface area (Å²) in [6, 6.07) is 74.9. The largest absolute Gasteiger partial charge is 0.309 e. The van der Waals surface area contributed by atoms with Crippen LogP contribution in [0.3, 0.4) is 0 Å². The zero-order valence-electron chi connectivity index (χ0n) is 33.4. The number of aromatic nitrogens is 4. The molecule has 0 aliphatic carbocycles. The van der Waals surface area contributed by atoms with Crippen molar-refractivity contribution >= 4 is 108 Å². The van der Waals surface area contributed by atoms with Crippen molar-refractivity contribution in [3.8, 4) is 22.9 Å². The third-order valence-electron chi connectivity index (χ3n) is 13.2. The standard InChI is InChI=1S/C58H34N4/c1-2-17-39(18-3-1)61-50-25-13-12-23-44(50)48-33-38(27-30-51(48)61)56-47-28-26-35-14-6-7-19-40(35)57(47)60-58(59-56)62-52-31-29-46-43-22-9-8-20-41(43)42-21-10-11-24-45(42)54(46)55(52)49-32-36-15-4-5-16-37(36)34-53(49)62/h1-34H. The predicted octanol–water partition coefficient (Wildman–Crippen LogP) is 15.3. The topological polar surface area (TPSA) is 35.6 Å². The quantitative estimate of drug-likeness (QED) is 0.167. The summed E-state index contributed by atoms with van der Waals surface area (Å²) in [7, 11) is 0. The second-order valence-corrected chi connectivity index (χ2v) is 16.5. The van der Waals surface area contributed by atoms with Gasteiger partial charge < -0.3 is 4.57 Å². The molecule has 0 spiro atoms. The highest BCUT2D eigenvalue weighted by Gasteiger charge is 2.23. The maximum atomic E-state index is 5.69. The van der Waals surface area contributed by atoms with Crippen molar-refractivity contribution in [2.24, 2.45) is 0 Å². The second kappa shape index (κ2) is 12.6. The minimum atomic E-state index is 0.649. The van der Waals surface area contributed by atoms with Crippen molar-refractivity contribution in [3.63, 3.8) is 0 Å². The van der Waals surface area contributed by atoms with Crippen molar-refractivity contribution in [3.05, 3.63) is 206 Å². The summed E-state index contributed by atoms with van der Waals surface area (Å²) in [4.78, 5) is 11.3. The van der Waals surface area contributed by atoms with Gasteiger partial charge in [0.15, 0.2) is 0 Å². The molecule has 0 saturated heterocycles. The summed E-state index contributed by atoms with van der Waals surface area (Å²) in [5, 5.41) is 18.0. The Labute approximate surface area is 355 Å². The summed E-state index contributed by atoms with van der Waals surface area (Å²) >= 11 is 0. The van der Waals surface area contributed by atoms with E-state index in [2.05, 4.69) is 215 Å². The lowest BCUT2D eigenvalue weighted by atomic mass is 9.91. The maximum Gasteiger partial charge on any atom is 0.235 e. The van der Waals surface area contributed by atoms with E-state index in [4.69, 9.17) is 9.97 Å². The summed E-state index contributed by atoms with van der Waals surface area (Å²) in [5.41, 5.74) is 8.52. The highest BCUT2D eigenvalue weighted by Crippen LogP contribution is 2.45. The van der Waals surface area contributed by atoms with Crippen LogP contribution in [-0.4, -0.2) is 19.1 Å². The van der Waals surface area contributed by atoms with Crippen LogP contribution in [0.5, 0.6) is 0 Å². The molecule has 0 amide bonds. The average molecular weight is 787 g/mol. The van der Waals surface area contributed by atoms with E-state index in [0.717, 1.165) is 55.2 Å². The minimum absolute atomic E-state index is 0.649. The highest BCUT2D eigenvalue weighted by molar-refractivity contribution is 6.36. The van der Waals surface area contributed by atoms with Crippen LogP contribution < -0.4 is 0 Å². The maximum absolute atomic E-state index is 5.69. The lowest BCUT2D eigenvalue weighted by Gasteiger charge is -2.14. The number of hydrogen-bond donors (Lipinski definition) is 0. The molecule has 62 heavy (non-hydrogen) atoms. The van der Waals surface area contributed by atoms with E-state index >= 15 is 0 Å². The number of nitrogens with zero attached hydrogens (tertiary/aromatic N) is 4. The second-order valence-electron chi connectivity index (χ2n) is 16.5. The smallest absolute Gasteiger partial charge is 0.235 e. The van der Waals surface area contributed by atoms with Crippen LogP contribution in [-0.2, 0) is 0 Å². The summed E-state index contributed by atoms with van der Waals surface area (Å²) in [6.45, 7) is 0. The van der Waals surface area contributed by atoms with Crippen LogP contribution in [0.2, 0.25) is 0 Å². The number of fused-ring (bicyclic) bond motifs is 17. The van der Waals surface area contributed by atoms with Gasteiger partial charge in [-0.25, -0.2) is 9.97 Å². The van der Waals surface area contributed by atoms with Crippen LogP contribution in [0.15, 0.2) is 206 Å². The first kappa shape index (κ1) is 33.5. The molecule has 0 aliphatic rings. The van der Waals surface area contributed by atoms with Crippen LogP contribution >= 0.6 is 0 Å². The van der Waals surface area contributed by atoms with Gasteiger partial charge in [0, 0.05) is 49.0 Å². The first-order valence-electron chi connectivity index (χ1n) is 21.2. The molecule has 11 aromatic carbocycles. The third kappa shape index (κ3) is 4.61. The molecule has 0 unspecified atom stereocenters. The Morgan fingerprint density at radius 2 is 0.871 bits per heavy atom. The zero-order chi connectivity index (χ0) is 40.5. The number of para-hydroxylation sites is 2. The molecule has 4 heteroatoms. The van der Waals surface area contributed by atoms with Gasteiger partial charge in [0.25, 0.3) is 0 Å². The first-order chi connectivity index (χ1) is 30.8. The summed E-state index contributed by atoms with van der Waals surface area (Å²) in [6.07, 6.45) is 0. The van der Waals surface area contributed by atoms with Gasteiger partial charge >= 0.3 is 0 Å². The molecule has 0 saturated carbocycles. The van der Waals surface area contributed by atoms with Gasteiger partial charge in [-0.3, -0.25) is 4.57 Å². The van der Waals surface area contributed by atoms with Crippen molar-refractivity contribution in [1.82, 2.24) is 19.1 Å². The molecule has 4 nitrogen and oxygen atoms in total. The highest BCUT2D eigenvalue weighted by atomic mass is 15.2. The molecule has 3 aromatic heterocycles. The molecule has 0 bridgehead atoms. The van der Waals surface area contributed by atoms with Gasteiger partial charge in [-0.2, -0.15) is 0 Å². The van der Waals surface area contributed by atoms with Gasteiger partial charge in [0.05, 0.1) is 33.3 Å². The summed E-state index contributed by atoms with van der Waals surface area (Å²) in [5.74, 6) is 0.649. The molecule has 0 N–H and O–H groups in total. The van der Waals surface area contributed by atoms with E-state index in [1.54, 1.807) is 0 Å². The Bertz CT molecular complexity index is 4180. The zero-order valence-corrected chi connectivity index (χ0v) is 33.4. The lowest BCUT2D eigenvalue weighted by Crippen LogP contribution is -2.04. The van der Waals surface area contributed by atoms with Crippen molar-refractivity contribution in [2.75, 3.05) is 0 Å². The lowest BCUT2D eigenvalue weighted by molar-refractivity contribution is 1.02. The van der Waals surface area contributed by atoms with E-state index in [9.17, 15) is 0 Å². The molecule has 286 valence electrons. The molecular formula is C58H34N4. The van der Waals surface area contributed by atoms with Gasteiger partial charge in [-0.1, -0.05) is 152 Å². The fourth-order valence-corrected chi connectivity index (χ4v) is 10.5. The molecule has 3 heterocycles. The summed E-state index contributed by atoms with van der Waals surface area (Å²) < 4.78 is 4.69. The van der Waals surface area contributed by atoms with E-state index in [0.29, 0.717) is 5.95 Å². The van der Waals surface area contributed by atoms with Gasteiger partial charge in [0.2, 0.25) is 5.95 Å². The average Bonchev–Trinajstić information content (AvgIpc) is 3.85. The van der Waals surface area contributed by atoms with E-state index < -0.39 is 0 Å². The van der Waals surface area contributed by atoms with Crippen molar-refractivity contribution in [1.29, 1.82) is 0 Å². The normalized spacial score (nSPS) is 12.2. The van der Waals surface area contributed by atoms with Crippen LogP contribution in [0, 0.1) is 0 Å². The Hall–Kier alpha value is -8.34. The Balaban J connectivity index is 1.13. The minimum Gasteiger partial charge on any atom is -0.309 e. The van der Waals surface area contributed by atoms with Gasteiger partial charge in [0.1, 0.15) is 0 Å². The molecule has 0 fully saturated rings. The Morgan fingerprint density at radius 1 is 0.290 bits per heavy atom. The molecule has 14 aromatic rings. The van der Waals surface area contributed by atoms with E-state index in [1.165, 1.54) is 70.2 Å². The van der Waals surface area contributed by atoms with Crippen LogP contribution in [0.1, 0.15) is 0 Å². The fourth-order valence-electron chi connectivity index (χ4n) is 10.5. The monoisotopic (exact) mass is 786 g/mol. The Kier molecular flexibility index (Phi) is 6.80. The number of rotatable bonds is 3. The van der Waals surface area contributed by atoms with Gasteiger partial charge in [-0.15, -0.1) is 0 Å².